The van der Waals surface area contributed by atoms with Crippen LogP contribution in [0.2, 0.25) is 0 Å². The Morgan fingerprint density at radius 2 is 2.15 bits per heavy atom. The average Bonchev–Trinajstić information content (AvgIpc) is 3.30. The van der Waals surface area contributed by atoms with Crippen molar-refractivity contribution in [1.82, 2.24) is 10.2 Å². The number of hydrogen-bond acceptors (Lipinski definition) is 4. The molecule has 2 aromatic rings. The Balaban J connectivity index is 1.43. The first-order valence-electron chi connectivity index (χ1n) is 9.53. The number of hydrogen-bond donors (Lipinski definition) is 1. The van der Waals surface area contributed by atoms with Gasteiger partial charge in [0.2, 0.25) is 0 Å². The van der Waals surface area contributed by atoms with Gasteiger partial charge in [0.25, 0.3) is 5.91 Å². The fraction of sp³-hybridized carbons (Fsp3) is 0.550. The standard InChI is InChI=1S/C20H23FN2O2S/c1-2-25-16-14(21)4-3-13-11-15(26-17(13)16)19(24)22-18-12-5-9-23(10-6-12)20(18)7-8-20/h3-4,11-12,18H,2,5-10H2,1H3,(H,22,24)/t18-/m0/s1. The summed E-state index contributed by atoms with van der Waals surface area (Å²) < 4.78 is 20.3. The topological polar surface area (TPSA) is 41.6 Å². The third kappa shape index (κ3) is 2.38. The first-order chi connectivity index (χ1) is 12.6. The summed E-state index contributed by atoms with van der Waals surface area (Å²) in [7, 11) is 0. The van der Waals surface area contributed by atoms with Crippen molar-refractivity contribution in [2.75, 3.05) is 19.7 Å². The molecule has 4 nitrogen and oxygen atoms in total. The summed E-state index contributed by atoms with van der Waals surface area (Å²) in [5, 5.41) is 4.20. The fourth-order valence-corrected chi connectivity index (χ4v) is 6.03. The Morgan fingerprint density at radius 3 is 2.85 bits per heavy atom. The molecule has 1 spiro atoms. The first kappa shape index (κ1) is 16.5. The van der Waals surface area contributed by atoms with E-state index in [2.05, 4.69) is 10.2 Å². The minimum Gasteiger partial charge on any atom is -0.489 e. The van der Waals surface area contributed by atoms with E-state index < -0.39 is 0 Å². The Morgan fingerprint density at radius 1 is 1.38 bits per heavy atom. The molecule has 4 aliphatic rings. The van der Waals surface area contributed by atoms with Crippen LogP contribution in [0.1, 0.15) is 42.3 Å². The first-order valence-corrected chi connectivity index (χ1v) is 10.3. The molecular formula is C20H23FN2O2S. The van der Waals surface area contributed by atoms with Crippen LogP contribution in [0.3, 0.4) is 0 Å². The van der Waals surface area contributed by atoms with Gasteiger partial charge in [-0.2, -0.15) is 0 Å². The van der Waals surface area contributed by atoms with Gasteiger partial charge in [-0.25, -0.2) is 4.39 Å². The third-order valence-corrected chi connectivity index (χ3v) is 7.52. The van der Waals surface area contributed by atoms with Crippen molar-refractivity contribution in [3.05, 3.63) is 28.9 Å². The van der Waals surface area contributed by atoms with Gasteiger partial charge in [0.05, 0.1) is 22.2 Å². The van der Waals surface area contributed by atoms with Crippen LogP contribution in [0.4, 0.5) is 4.39 Å². The van der Waals surface area contributed by atoms with Gasteiger partial charge in [-0.1, -0.05) is 6.07 Å². The summed E-state index contributed by atoms with van der Waals surface area (Å²) in [5.74, 6) is 0.453. The highest BCUT2D eigenvalue weighted by molar-refractivity contribution is 7.21. The van der Waals surface area contributed by atoms with Gasteiger partial charge in [0.15, 0.2) is 11.6 Å². The van der Waals surface area contributed by atoms with Crippen LogP contribution in [0, 0.1) is 11.7 Å². The maximum Gasteiger partial charge on any atom is 0.261 e. The van der Waals surface area contributed by atoms with Gasteiger partial charge in [-0.15, -0.1) is 11.3 Å². The Labute approximate surface area is 156 Å². The SMILES string of the molecule is CCOc1c(F)ccc2cc(C(=O)N[C@H]3C4CCN(CC4)C34CC4)sc12. The summed E-state index contributed by atoms with van der Waals surface area (Å²) in [6, 6.07) is 5.25. The molecule has 3 saturated heterocycles. The molecule has 26 heavy (non-hydrogen) atoms. The number of ether oxygens (including phenoxy) is 1. The lowest BCUT2D eigenvalue weighted by Gasteiger charge is -2.52. The summed E-state index contributed by atoms with van der Waals surface area (Å²) >= 11 is 1.32. The van der Waals surface area contributed by atoms with Crippen molar-refractivity contribution >= 4 is 27.3 Å². The van der Waals surface area contributed by atoms with Crippen LogP contribution in [0.5, 0.6) is 5.75 Å². The quantitative estimate of drug-likeness (QED) is 0.885. The normalized spacial score (nSPS) is 28.5. The van der Waals surface area contributed by atoms with E-state index in [1.165, 1.54) is 56.2 Å². The fourth-order valence-electron chi connectivity index (χ4n) is 4.98. The molecule has 6 heteroatoms. The average molecular weight is 374 g/mol. The number of fused-ring (bicyclic) bond motifs is 3. The Bertz CT molecular complexity index is 868. The van der Waals surface area contributed by atoms with Crippen molar-refractivity contribution in [3.63, 3.8) is 0 Å². The van der Waals surface area contributed by atoms with Crippen LogP contribution in [0.25, 0.3) is 10.1 Å². The zero-order chi connectivity index (χ0) is 17.9. The lowest BCUT2D eigenvalue weighted by atomic mass is 9.77. The van der Waals surface area contributed by atoms with Crippen molar-refractivity contribution in [2.24, 2.45) is 5.92 Å². The van der Waals surface area contributed by atoms with E-state index in [9.17, 15) is 9.18 Å². The second-order valence-corrected chi connectivity index (χ2v) is 8.77. The third-order valence-electron chi connectivity index (χ3n) is 6.37. The second kappa shape index (κ2) is 5.92. The van der Waals surface area contributed by atoms with E-state index in [4.69, 9.17) is 4.74 Å². The molecule has 1 N–H and O–H groups in total. The van der Waals surface area contributed by atoms with Crippen molar-refractivity contribution in [3.8, 4) is 5.75 Å². The van der Waals surface area contributed by atoms with E-state index in [0.29, 0.717) is 22.1 Å². The lowest BCUT2D eigenvalue weighted by Crippen LogP contribution is -2.65. The number of thiophene rings is 1. The number of carbonyl (C=O) groups excluding carboxylic acids is 1. The highest BCUT2D eigenvalue weighted by atomic mass is 32.1. The van der Waals surface area contributed by atoms with Gasteiger partial charge in [-0.3, -0.25) is 9.69 Å². The monoisotopic (exact) mass is 374 g/mol. The van der Waals surface area contributed by atoms with Gasteiger partial charge < -0.3 is 10.1 Å². The van der Waals surface area contributed by atoms with Crippen molar-refractivity contribution in [2.45, 2.75) is 44.2 Å². The largest absolute Gasteiger partial charge is 0.489 e. The van der Waals surface area contributed by atoms with Gasteiger partial charge in [0, 0.05) is 5.54 Å². The number of halogens is 1. The van der Waals surface area contributed by atoms with E-state index in [-0.39, 0.29) is 29.1 Å². The lowest BCUT2D eigenvalue weighted by molar-refractivity contribution is -0.00138. The molecule has 2 bridgehead atoms. The molecule has 138 valence electrons. The van der Waals surface area contributed by atoms with Gasteiger partial charge >= 0.3 is 0 Å². The molecule has 0 unspecified atom stereocenters. The Hall–Kier alpha value is -1.66. The molecule has 1 aromatic carbocycles. The molecule has 1 amide bonds. The van der Waals surface area contributed by atoms with Crippen molar-refractivity contribution in [1.29, 1.82) is 0 Å². The number of carbonyl (C=O) groups is 1. The van der Waals surface area contributed by atoms with Crippen LogP contribution >= 0.6 is 11.3 Å². The minimum absolute atomic E-state index is 0.0286. The van der Waals surface area contributed by atoms with E-state index in [1.54, 1.807) is 6.07 Å². The Kier molecular flexibility index (Phi) is 3.76. The van der Waals surface area contributed by atoms with Gasteiger partial charge in [0.1, 0.15) is 0 Å². The number of rotatable bonds is 4. The van der Waals surface area contributed by atoms with Crippen LogP contribution < -0.4 is 10.1 Å². The zero-order valence-electron chi connectivity index (χ0n) is 14.9. The van der Waals surface area contributed by atoms with Crippen molar-refractivity contribution < 1.29 is 13.9 Å². The number of benzene rings is 1. The second-order valence-electron chi connectivity index (χ2n) is 7.72. The van der Waals surface area contributed by atoms with Crippen LogP contribution in [0.15, 0.2) is 18.2 Å². The predicted octanol–water partition coefficient (Wildman–Crippen LogP) is 3.80. The molecule has 1 saturated carbocycles. The molecule has 3 aliphatic heterocycles. The van der Waals surface area contributed by atoms with Gasteiger partial charge in [-0.05, 0) is 69.1 Å². The summed E-state index contributed by atoms with van der Waals surface area (Å²) in [4.78, 5) is 16.2. The zero-order valence-corrected chi connectivity index (χ0v) is 15.7. The summed E-state index contributed by atoms with van der Waals surface area (Å²) in [6.07, 6.45) is 4.75. The van der Waals surface area contributed by atoms with Crippen LogP contribution in [-0.4, -0.2) is 42.1 Å². The van der Waals surface area contributed by atoms with Crippen LogP contribution in [-0.2, 0) is 0 Å². The van der Waals surface area contributed by atoms with E-state index >= 15 is 0 Å². The highest BCUT2D eigenvalue weighted by Gasteiger charge is 2.60. The minimum atomic E-state index is -0.373. The predicted molar refractivity (Wildman–Crippen MR) is 100 cm³/mol. The number of amides is 1. The molecule has 1 aliphatic carbocycles. The highest BCUT2D eigenvalue weighted by Crippen LogP contribution is 2.53. The number of piperidine rings is 3. The maximum atomic E-state index is 14.1. The summed E-state index contributed by atoms with van der Waals surface area (Å²) in [5.41, 5.74) is 0.218. The number of nitrogens with one attached hydrogen (secondary N) is 1. The summed E-state index contributed by atoms with van der Waals surface area (Å²) in [6.45, 7) is 4.59. The van der Waals surface area contributed by atoms with E-state index in [1.807, 2.05) is 13.0 Å². The molecule has 1 aromatic heterocycles. The molecule has 1 atom stereocenters. The smallest absolute Gasteiger partial charge is 0.261 e. The van der Waals surface area contributed by atoms with E-state index in [0.717, 1.165) is 5.39 Å². The number of nitrogens with zero attached hydrogens (tertiary/aromatic N) is 1. The molecule has 0 radical (unpaired) electrons. The maximum absolute atomic E-state index is 14.1. The molecule has 6 rings (SSSR count). The molecular weight excluding hydrogens is 351 g/mol. The molecule has 4 fully saturated rings. The molecule has 4 heterocycles.